The molecule has 3 nitrogen and oxygen atoms in total. The van der Waals surface area contributed by atoms with Crippen LogP contribution in [0.3, 0.4) is 0 Å². The van der Waals surface area contributed by atoms with E-state index in [4.69, 9.17) is 5.73 Å². The summed E-state index contributed by atoms with van der Waals surface area (Å²) in [5.41, 5.74) is 5.60. The third-order valence-electron chi connectivity index (χ3n) is 5.23. The number of hydrogen-bond acceptors (Lipinski definition) is 3. The first-order valence-electron chi connectivity index (χ1n) is 11.1. The van der Waals surface area contributed by atoms with Crippen molar-refractivity contribution in [2.45, 2.75) is 123 Å². The number of carbonyl (C=O) groups excluding carboxylic acids is 1. The Morgan fingerprint density at radius 3 is 1.84 bits per heavy atom. The summed E-state index contributed by atoms with van der Waals surface area (Å²) in [7, 11) is 0. The second kappa shape index (κ2) is 18.4. The molecule has 150 valence electrons. The number of nitrogens with two attached hydrogens (primary N) is 1. The average Bonchev–Trinajstić information content (AvgIpc) is 2.61. The smallest absolute Gasteiger partial charge is 0.138 e. The molecule has 0 heterocycles. The molecule has 3 heteroatoms. The summed E-state index contributed by atoms with van der Waals surface area (Å²) in [6.45, 7) is 5.01. The van der Waals surface area contributed by atoms with Crippen LogP contribution >= 0.6 is 0 Å². The summed E-state index contributed by atoms with van der Waals surface area (Å²) in [5.74, 6) is 0.0786. The van der Waals surface area contributed by atoms with Gasteiger partial charge in [0.05, 0.1) is 6.10 Å². The molecule has 0 fully saturated rings. The monoisotopic (exact) mass is 355 g/mol. The van der Waals surface area contributed by atoms with E-state index in [2.05, 4.69) is 13.8 Å². The largest absolute Gasteiger partial charge is 0.392 e. The number of Topliss-reactive ketones (excluding diaryl/α,β-unsaturated/α-hetero) is 1. The number of hydrogen-bond donors (Lipinski definition) is 2. The zero-order valence-electron chi connectivity index (χ0n) is 17.1. The molecule has 0 saturated heterocycles. The van der Waals surface area contributed by atoms with Gasteiger partial charge < -0.3 is 10.8 Å². The highest BCUT2D eigenvalue weighted by Crippen LogP contribution is 2.21. The molecular formula is C22H45NO2. The summed E-state index contributed by atoms with van der Waals surface area (Å²) in [5, 5.41) is 10.4. The lowest BCUT2D eigenvalue weighted by atomic mass is 9.87. The van der Waals surface area contributed by atoms with Crippen LogP contribution in [0.15, 0.2) is 0 Å². The highest BCUT2D eigenvalue weighted by atomic mass is 16.3. The number of rotatable bonds is 19. The Morgan fingerprint density at radius 1 is 0.760 bits per heavy atom. The number of aliphatic hydroxyl groups is 1. The molecule has 0 spiro atoms. The van der Waals surface area contributed by atoms with Gasteiger partial charge in [0.2, 0.25) is 0 Å². The van der Waals surface area contributed by atoms with Gasteiger partial charge in [-0.05, 0) is 32.2 Å². The molecule has 0 amide bonds. The van der Waals surface area contributed by atoms with E-state index in [1.165, 1.54) is 44.9 Å². The van der Waals surface area contributed by atoms with Crippen molar-refractivity contribution >= 4 is 5.78 Å². The van der Waals surface area contributed by atoms with Gasteiger partial charge in [-0.2, -0.15) is 0 Å². The Hall–Kier alpha value is -0.410. The molecule has 0 aliphatic heterocycles. The van der Waals surface area contributed by atoms with Crippen molar-refractivity contribution in [2.75, 3.05) is 6.54 Å². The zero-order chi connectivity index (χ0) is 18.8. The molecule has 3 N–H and O–H groups in total. The van der Waals surface area contributed by atoms with Gasteiger partial charge in [0, 0.05) is 12.3 Å². The third-order valence-corrected chi connectivity index (χ3v) is 5.23. The van der Waals surface area contributed by atoms with Crippen molar-refractivity contribution in [3.05, 3.63) is 0 Å². The van der Waals surface area contributed by atoms with E-state index < -0.39 is 6.10 Å². The summed E-state index contributed by atoms with van der Waals surface area (Å²) in [6, 6.07) is 0. The lowest BCUT2D eigenvalue weighted by Crippen LogP contribution is -2.29. The SMILES string of the molecule is CCCCCCCCCCCC(=O)C(CCCN)C(O)CCCCC. The topological polar surface area (TPSA) is 63.3 Å². The summed E-state index contributed by atoms with van der Waals surface area (Å²) < 4.78 is 0. The van der Waals surface area contributed by atoms with Crippen molar-refractivity contribution in [3.8, 4) is 0 Å². The maximum Gasteiger partial charge on any atom is 0.138 e. The van der Waals surface area contributed by atoms with E-state index in [0.717, 1.165) is 51.4 Å². The van der Waals surface area contributed by atoms with Crippen molar-refractivity contribution in [2.24, 2.45) is 11.7 Å². The second-order valence-corrected chi connectivity index (χ2v) is 7.65. The molecule has 0 rings (SSSR count). The number of unbranched alkanes of at least 4 members (excludes halogenated alkanes) is 10. The fraction of sp³-hybridized carbons (Fsp3) is 0.955. The molecule has 0 aromatic rings. The van der Waals surface area contributed by atoms with Gasteiger partial charge in [0.15, 0.2) is 0 Å². The minimum absolute atomic E-state index is 0.186. The van der Waals surface area contributed by atoms with Gasteiger partial charge in [-0.25, -0.2) is 0 Å². The quantitative estimate of drug-likeness (QED) is 0.289. The molecule has 0 aliphatic rings. The van der Waals surface area contributed by atoms with Crippen molar-refractivity contribution in [1.29, 1.82) is 0 Å². The van der Waals surface area contributed by atoms with Crippen LogP contribution in [0.2, 0.25) is 0 Å². The van der Waals surface area contributed by atoms with Crippen LogP contribution in [0.4, 0.5) is 0 Å². The first-order valence-corrected chi connectivity index (χ1v) is 11.1. The molecule has 0 aliphatic carbocycles. The molecule has 0 aromatic heterocycles. The molecular weight excluding hydrogens is 310 g/mol. The highest BCUT2D eigenvalue weighted by molar-refractivity contribution is 5.81. The van der Waals surface area contributed by atoms with Gasteiger partial charge >= 0.3 is 0 Å². The Kier molecular flexibility index (Phi) is 18.1. The van der Waals surface area contributed by atoms with Crippen LogP contribution < -0.4 is 5.73 Å². The first kappa shape index (κ1) is 24.6. The molecule has 0 saturated carbocycles. The van der Waals surface area contributed by atoms with Crippen LogP contribution in [-0.4, -0.2) is 23.5 Å². The lowest BCUT2D eigenvalue weighted by Gasteiger charge is -2.22. The molecule has 0 aromatic carbocycles. The molecule has 25 heavy (non-hydrogen) atoms. The van der Waals surface area contributed by atoms with Gasteiger partial charge in [-0.1, -0.05) is 84.5 Å². The van der Waals surface area contributed by atoms with Crippen molar-refractivity contribution in [1.82, 2.24) is 0 Å². The van der Waals surface area contributed by atoms with Crippen LogP contribution in [0.1, 0.15) is 117 Å². The summed E-state index contributed by atoms with van der Waals surface area (Å²) >= 11 is 0. The maximum atomic E-state index is 12.5. The molecule has 0 bridgehead atoms. The van der Waals surface area contributed by atoms with E-state index >= 15 is 0 Å². The highest BCUT2D eigenvalue weighted by Gasteiger charge is 2.25. The zero-order valence-corrected chi connectivity index (χ0v) is 17.1. The Labute approximate surface area is 157 Å². The van der Waals surface area contributed by atoms with Crippen LogP contribution in [0.25, 0.3) is 0 Å². The number of aliphatic hydroxyl groups excluding tert-OH is 1. The molecule has 2 atom stereocenters. The van der Waals surface area contributed by atoms with E-state index in [0.29, 0.717) is 13.0 Å². The Morgan fingerprint density at radius 2 is 1.28 bits per heavy atom. The molecule has 0 radical (unpaired) electrons. The molecule has 2 unspecified atom stereocenters. The first-order chi connectivity index (χ1) is 12.2. The van der Waals surface area contributed by atoms with Gasteiger partial charge in [0.25, 0.3) is 0 Å². The second-order valence-electron chi connectivity index (χ2n) is 7.65. The maximum absolute atomic E-state index is 12.5. The predicted octanol–water partition coefficient (Wildman–Crippen LogP) is 5.77. The predicted molar refractivity (Wildman–Crippen MR) is 109 cm³/mol. The fourth-order valence-corrected chi connectivity index (χ4v) is 3.51. The van der Waals surface area contributed by atoms with E-state index in [1.54, 1.807) is 0 Å². The standard InChI is InChI=1S/C22H45NO2/c1-3-5-7-8-9-10-11-12-14-18-22(25)20(16-15-19-23)21(24)17-13-6-4-2/h20-21,24H,3-19,23H2,1-2H3. The number of carbonyl (C=O) groups is 1. The van der Waals surface area contributed by atoms with Gasteiger partial charge in [-0.3, -0.25) is 4.79 Å². The van der Waals surface area contributed by atoms with Crippen LogP contribution in [0.5, 0.6) is 0 Å². The average molecular weight is 356 g/mol. The Balaban J connectivity index is 3.92. The Bertz CT molecular complexity index is 294. The lowest BCUT2D eigenvalue weighted by molar-refractivity contribution is -0.127. The minimum atomic E-state index is -0.468. The van der Waals surface area contributed by atoms with Crippen LogP contribution in [0, 0.1) is 5.92 Å². The van der Waals surface area contributed by atoms with Gasteiger partial charge in [-0.15, -0.1) is 0 Å². The summed E-state index contributed by atoms with van der Waals surface area (Å²) in [4.78, 5) is 12.5. The van der Waals surface area contributed by atoms with Crippen LogP contribution in [-0.2, 0) is 4.79 Å². The third kappa shape index (κ3) is 14.4. The fourth-order valence-electron chi connectivity index (χ4n) is 3.51. The van der Waals surface area contributed by atoms with Crippen molar-refractivity contribution < 1.29 is 9.90 Å². The number of ketones is 1. The van der Waals surface area contributed by atoms with Crippen molar-refractivity contribution in [3.63, 3.8) is 0 Å². The van der Waals surface area contributed by atoms with E-state index in [9.17, 15) is 9.90 Å². The van der Waals surface area contributed by atoms with Gasteiger partial charge in [0.1, 0.15) is 5.78 Å². The van der Waals surface area contributed by atoms with E-state index in [-0.39, 0.29) is 11.7 Å². The minimum Gasteiger partial charge on any atom is -0.392 e. The van der Waals surface area contributed by atoms with E-state index in [1.807, 2.05) is 0 Å². The summed E-state index contributed by atoms with van der Waals surface area (Å²) in [6.07, 6.45) is 17.2. The normalized spacial score (nSPS) is 13.8.